The van der Waals surface area contributed by atoms with E-state index in [0.29, 0.717) is 44.4 Å². The van der Waals surface area contributed by atoms with Crippen LogP contribution in [-0.2, 0) is 23.0 Å². The summed E-state index contributed by atoms with van der Waals surface area (Å²) in [7, 11) is 2.02. The molecule has 1 fully saturated rings. The van der Waals surface area contributed by atoms with Crippen LogP contribution in [0.1, 0.15) is 29.6 Å². The lowest BCUT2D eigenvalue weighted by molar-refractivity contribution is -0.129. The summed E-state index contributed by atoms with van der Waals surface area (Å²) in [5.41, 5.74) is 4.50. The average Bonchev–Trinajstić information content (AvgIpc) is 3.45. The second-order valence-electron chi connectivity index (χ2n) is 8.60. The highest BCUT2D eigenvalue weighted by molar-refractivity contribution is 7.99. The van der Waals surface area contributed by atoms with Crippen molar-refractivity contribution in [2.45, 2.75) is 32.3 Å². The highest BCUT2D eigenvalue weighted by Crippen LogP contribution is 2.27. The summed E-state index contributed by atoms with van der Waals surface area (Å²) in [6.07, 6.45) is 2.33. The third-order valence-corrected chi connectivity index (χ3v) is 7.30. The molecule has 0 atom stereocenters. The maximum Gasteiger partial charge on any atom is 0.409 e. The first-order chi connectivity index (χ1) is 16.9. The van der Waals surface area contributed by atoms with Crippen molar-refractivity contribution in [1.29, 1.82) is 0 Å². The van der Waals surface area contributed by atoms with E-state index in [-0.39, 0.29) is 17.8 Å². The van der Waals surface area contributed by atoms with Crippen LogP contribution in [0.3, 0.4) is 0 Å². The van der Waals surface area contributed by atoms with Gasteiger partial charge in [0.2, 0.25) is 5.91 Å². The predicted octanol–water partition coefficient (Wildman–Crippen LogP) is 3.21. The maximum absolute atomic E-state index is 13.0. The molecule has 0 aliphatic carbocycles. The number of ether oxygens (including phenoxy) is 1. The SMILES string of the molecule is CCOC(=O)N1CCN(C(=O)CSc2nnc(Cc3cccn3C)n2-c2cccc(C)c2C)CC1. The molecule has 0 bridgehead atoms. The first-order valence-corrected chi connectivity index (χ1v) is 12.8. The summed E-state index contributed by atoms with van der Waals surface area (Å²) in [5.74, 6) is 1.11. The van der Waals surface area contributed by atoms with E-state index in [4.69, 9.17) is 4.74 Å². The molecule has 0 spiro atoms. The van der Waals surface area contributed by atoms with E-state index in [1.165, 1.54) is 17.3 Å². The predicted molar refractivity (Wildman–Crippen MR) is 135 cm³/mol. The van der Waals surface area contributed by atoms with Crippen molar-refractivity contribution in [2.24, 2.45) is 7.05 Å². The van der Waals surface area contributed by atoms with Gasteiger partial charge in [0, 0.05) is 51.5 Å². The van der Waals surface area contributed by atoms with Crippen molar-refractivity contribution in [3.8, 4) is 5.69 Å². The number of piperazine rings is 1. The Labute approximate surface area is 210 Å². The van der Waals surface area contributed by atoms with Crippen LogP contribution in [0.15, 0.2) is 41.7 Å². The van der Waals surface area contributed by atoms with Gasteiger partial charge in [-0.15, -0.1) is 10.2 Å². The number of carbonyl (C=O) groups is 2. The molecule has 0 saturated carbocycles. The number of aryl methyl sites for hydroxylation is 2. The molecule has 0 radical (unpaired) electrons. The Kier molecular flexibility index (Phi) is 7.80. The zero-order chi connectivity index (χ0) is 24.9. The monoisotopic (exact) mass is 496 g/mol. The van der Waals surface area contributed by atoms with E-state index in [1.54, 1.807) is 16.7 Å². The topological polar surface area (TPSA) is 85.5 Å². The molecule has 10 heteroatoms. The molecule has 1 aliphatic heterocycles. The normalized spacial score (nSPS) is 13.8. The highest BCUT2D eigenvalue weighted by Gasteiger charge is 2.26. The largest absolute Gasteiger partial charge is 0.450 e. The fourth-order valence-electron chi connectivity index (χ4n) is 4.14. The number of aromatic nitrogens is 4. The van der Waals surface area contributed by atoms with Gasteiger partial charge in [-0.25, -0.2) is 4.79 Å². The standard InChI is InChI=1S/C25H32N6O3S/c1-5-34-25(33)30-14-12-29(13-15-30)23(32)17-35-24-27-26-22(16-20-9-7-11-28(20)4)31(24)21-10-6-8-18(2)19(21)3/h6-11H,5,12-17H2,1-4H3. The molecule has 0 N–H and O–H groups in total. The van der Waals surface area contributed by atoms with Gasteiger partial charge in [-0.3, -0.25) is 9.36 Å². The second-order valence-corrected chi connectivity index (χ2v) is 9.54. The molecule has 1 aromatic carbocycles. The lowest BCUT2D eigenvalue weighted by Crippen LogP contribution is -2.51. The third kappa shape index (κ3) is 5.53. The molecule has 3 aromatic rings. The zero-order valence-electron chi connectivity index (χ0n) is 20.7. The van der Waals surface area contributed by atoms with E-state index < -0.39 is 0 Å². The molecule has 3 heterocycles. The van der Waals surface area contributed by atoms with Crippen LogP contribution in [0, 0.1) is 13.8 Å². The van der Waals surface area contributed by atoms with Crippen molar-refractivity contribution >= 4 is 23.8 Å². The smallest absolute Gasteiger partial charge is 0.409 e. The Morgan fingerprint density at radius 1 is 1.03 bits per heavy atom. The Morgan fingerprint density at radius 3 is 2.46 bits per heavy atom. The molecule has 1 saturated heterocycles. The number of rotatable bonds is 7. The van der Waals surface area contributed by atoms with Crippen LogP contribution in [0.4, 0.5) is 4.79 Å². The van der Waals surface area contributed by atoms with Gasteiger partial charge in [0.1, 0.15) is 5.82 Å². The van der Waals surface area contributed by atoms with Crippen LogP contribution in [0.2, 0.25) is 0 Å². The lowest BCUT2D eigenvalue weighted by Gasteiger charge is -2.34. The molecule has 186 valence electrons. The fourth-order valence-corrected chi connectivity index (χ4v) is 5.01. The Morgan fingerprint density at radius 2 is 1.77 bits per heavy atom. The average molecular weight is 497 g/mol. The third-order valence-electron chi connectivity index (χ3n) is 6.39. The van der Waals surface area contributed by atoms with Gasteiger partial charge in [-0.05, 0) is 50.1 Å². The van der Waals surface area contributed by atoms with Crippen LogP contribution < -0.4 is 0 Å². The first kappa shape index (κ1) is 24.8. The van der Waals surface area contributed by atoms with Crippen LogP contribution in [-0.4, -0.2) is 79.7 Å². The van der Waals surface area contributed by atoms with Gasteiger partial charge in [-0.1, -0.05) is 23.9 Å². The zero-order valence-corrected chi connectivity index (χ0v) is 21.5. The summed E-state index contributed by atoms with van der Waals surface area (Å²) in [4.78, 5) is 28.3. The quantitative estimate of drug-likeness (QED) is 0.467. The van der Waals surface area contributed by atoms with Crippen molar-refractivity contribution in [1.82, 2.24) is 29.1 Å². The van der Waals surface area contributed by atoms with E-state index in [2.05, 4.69) is 51.4 Å². The first-order valence-electron chi connectivity index (χ1n) is 11.8. The number of thioether (sulfide) groups is 1. The molecular formula is C25H32N6O3S. The molecule has 4 rings (SSSR count). The minimum Gasteiger partial charge on any atom is -0.450 e. The van der Waals surface area contributed by atoms with Crippen molar-refractivity contribution in [2.75, 3.05) is 38.5 Å². The number of nitrogens with zero attached hydrogens (tertiary/aromatic N) is 6. The van der Waals surface area contributed by atoms with Crippen LogP contribution in [0.5, 0.6) is 0 Å². The van der Waals surface area contributed by atoms with Crippen molar-refractivity contribution in [3.63, 3.8) is 0 Å². The fraction of sp³-hybridized carbons (Fsp3) is 0.440. The van der Waals surface area contributed by atoms with E-state index in [9.17, 15) is 9.59 Å². The molecule has 35 heavy (non-hydrogen) atoms. The Hall–Kier alpha value is -3.27. The van der Waals surface area contributed by atoms with Gasteiger partial charge in [0.05, 0.1) is 18.0 Å². The number of amides is 2. The summed E-state index contributed by atoms with van der Waals surface area (Å²) < 4.78 is 9.22. The van der Waals surface area contributed by atoms with Gasteiger partial charge < -0.3 is 19.1 Å². The summed E-state index contributed by atoms with van der Waals surface area (Å²) in [5, 5.41) is 9.68. The molecule has 1 aliphatic rings. The Bertz CT molecular complexity index is 1200. The van der Waals surface area contributed by atoms with Crippen LogP contribution in [0.25, 0.3) is 5.69 Å². The summed E-state index contributed by atoms with van der Waals surface area (Å²) in [6.45, 7) is 8.29. The maximum atomic E-state index is 13.0. The van der Waals surface area contributed by atoms with Crippen molar-refractivity contribution in [3.05, 3.63) is 59.2 Å². The van der Waals surface area contributed by atoms with Gasteiger partial charge >= 0.3 is 6.09 Å². The van der Waals surface area contributed by atoms with E-state index in [1.807, 2.05) is 25.4 Å². The number of benzene rings is 1. The minimum absolute atomic E-state index is 0.0259. The minimum atomic E-state index is -0.318. The molecule has 2 amide bonds. The number of carbonyl (C=O) groups excluding carboxylic acids is 2. The molecule has 9 nitrogen and oxygen atoms in total. The summed E-state index contributed by atoms with van der Waals surface area (Å²) in [6, 6.07) is 10.3. The van der Waals surface area contributed by atoms with E-state index in [0.717, 1.165) is 22.8 Å². The van der Waals surface area contributed by atoms with Gasteiger partial charge in [0.25, 0.3) is 0 Å². The molecule has 0 unspecified atom stereocenters. The number of hydrogen-bond acceptors (Lipinski definition) is 6. The van der Waals surface area contributed by atoms with Gasteiger partial charge in [-0.2, -0.15) is 0 Å². The second kappa shape index (κ2) is 11.0. The molecular weight excluding hydrogens is 464 g/mol. The highest BCUT2D eigenvalue weighted by atomic mass is 32.2. The van der Waals surface area contributed by atoms with Crippen molar-refractivity contribution < 1.29 is 14.3 Å². The van der Waals surface area contributed by atoms with Gasteiger partial charge in [0.15, 0.2) is 5.16 Å². The summed E-state index contributed by atoms with van der Waals surface area (Å²) >= 11 is 1.40. The lowest BCUT2D eigenvalue weighted by atomic mass is 10.1. The number of hydrogen-bond donors (Lipinski definition) is 0. The molecule has 2 aromatic heterocycles. The Balaban J connectivity index is 1.50. The van der Waals surface area contributed by atoms with Crippen LogP contribution >= 0.6 is 11.8 Å². The van der Waals surface area contributed by atoms with E-state index >= 15 is 0 Å².